The van der Waals surface area contributed by atoms with Gasteiger partial charge < -0.3 is 0 Å². The maximum atomic E-state index is 2.21. The number of hydrogen-bond donors (Lipinski definition) is 0. The zero-order valence-corrected chi connectivity index (χ0v) is 8.13. The predicted octanol–water partition coefficient (Wildman–Crippen LogP) is 0.479. The molecule has 0 aromatic carbocycles. The van der Waals surface area contributed by atoms with Gasteiger partial charge in [0.15, 0.2) is 0 Å². The van der Waals surface area contributed by atoms with Crippen LogP contribution in [0.2, 0.25) is 4.98 Å². The molecule has 0 aromatic rings. The summed E-state index contributed by atoms with van der Waals surface area (Å²) in [7, 11) is 0. The van der Waals surface area contributed by atoms with Crippen LogP contribution in [0.25, 0.3) is 0 Å². The summed E-state index contributed by atoms with van der Waals surface area (Å²) in [6.07, 6.45) is 0. The summed E-state index contributed by atoms with van der Waals surface area (Å²) in [4.78, 5) is 1.44. The van der Waals surface area contributed by atoms with Gasteiger partial charge in [-0.1, -0.05) is 0 Å². The van der Waals surface area contributed by atoms with E-state index in [1.807, 2.05) is 0 Å². The van der Waals surface area contributed by atoms with E-state index in [4.69, 9.17) is 0 Å². The summed E-state index contributed by atoms with van der Waals surface area (Å²) in [5, 5.41) is 0. The summed E-state index contributed by atoms with van der Waals surface area (Å²) in [6, 6.07) is 0. The van der Waals surface area contributed by atoms with Gasteiger partial charge in [-0.2, -0.15) is 0 Å². The third-order valence-corrected chi connectivity index (χ3v) is 0. The Morgan fingerprint density at radius 1 is 1.75 bits per heavy atom. The Hall–Kier alpha value is 0.926. The average molecular weight is 137 g/mol. The Balaban J connectivity index is 0. The molecule has 0 radical (unpaired) electrons. The van der Waals surface area contributed by atoms with Gasteiger partial charge in [-0.3, -0.25) is 0 Å². The standard InChI is InChI=1S/C2H5.ClH.Ga.2H/c1-2;;;;/h1H2,2H3;1H;;;. The quantitative estimate of drug-likeness (QED) is 0.426. The molecule has 0 atom stereocenters. The number of hydrogen-bond acceptors (Lipinski definition) is 0. The Labute approximate surface area is 43.3 Å². The molecular weight excluding hydrogens is 129 g/mol. The maximum absolute atomic E-state index is 2.21. The zero-order valence-electron chi connectivity index (χ0n) is 3.12. The molecule has 0 aromatic heterocycles. The minimum absolute atomic E-state index is 0. The molecule has 0 bridgehead atoms. The van der Waals surface area contributed by atoms with Crippen molar-refractivity contribution in [3.05, 3.63) is 0 Å². The van der Waals surface area contributed by atoms with Gasteiger partial charge in [-0.25, -0.2) is 0 Å². The molecule has 0 aliphatic heterocycles. The Morgan fingerprint density at radius 2 is 1.75 bits per heavy atom. The summed E-state index contributed by atoms with van der Waals surface area (Å²) < 4.78 is 0. The van der Waals surface area contributed by atoms with Gasteiger partial charge in [0.25, 0.3) is 0 Å². The van der Waals surface area contributed by atoms with Crippen LogP contribution in [-0.4, -0.2) is 18.6 Å². The fraction of sp³-hybridized carbons (Fsp3) is 1.00. The van der Waals surface area contributed by atoms with E-state index >= 15 is 0 Å². The van der Waals surface area contributed by atoms with E-state index in [0.29, 0.717) is 0 Å². The van der Waals surface area contributed by atoms with Crippen LogP contribution in [0, 0.1) is 0 Å². The minimum atomic E-state index is 0. The second-order valence-corrected chi connectivity index (χ2v) is 3.67. The molecule has 0 nitrogen and oxygen atoms in total. The number of halogens is 1. The molecule has 2 heteroatoms. The molecule has 0 fully saturated rings. The molecule has 0 aliphatic rings. The predicted molar refractivity (Wildman–Crippen MR) is 26.3 cm³/mol. The van der Waals surface area contributed by atoms with Crippen molar-refractivity contribution in [1.29, 1.82) is 0 Å². The van der Waals surface area contributed by atoms with Crippen molar-refractivity contribution in [3.63, 3.8) is 0 Å². The molecule has 4 heavy (non-hydrogen) atoms. The molecule has 0 heterocycles. The van der Waals surface area contributed by atoms with Crippen molar-refractivity contribution >= 4 is 31.0 Å². The van der Waals surface area contributed by atoms with Crippen molar-refractivity contribution in [1.82, 2.24) is 0 Å². The van der Waals surface area contributed by atoms with Gasteiger partial charge in [0.05, 0.1) is 0 Å². The molecule has 0 N–H and O–H groups in total. The van der Waals surface area contributed by atoms with Crippen LogP contribution < -0.4 is 0 Å². The van der Waals surface area contributed by atoms with E-state index in [1.54, 1.807) is 0 Å². The van der Waals surface area contributed by atoms with Crippen molar-refractivity contribution < 1.29 is 0 Å². The third-order valence-electron chi connectivity index (χ3n) is 0. The first kappa shape index (κ1) is 8.87. The molecule has 0 spiro atoms. The van der Waals surface area contributed by atoms with E-state index in [-0.39, 0.29) is 12.4 Å². The first-order chi connectivity index (χ1) is 1.41. The molecule has 0 unspecified atom stereocenters. The molecule has 0 saturated carbocycles. The van der Waals surface area contributed by atoms with Crippen molar-refractivity contribution in [2.24, 2.45) is 0 Å². The number of rotatable bonds is 0. The Kier molecular flexibility index (Phi) is 20.1. The second-order valence-electron chi connectivity index (χ2n) is 0.707. The van der Waals surface area contributed by atoms with Crippen LogP contribution >= 0.6 is 12.4 Å². The first-order valence-electron chi connectivity index (χ1n) is 1.41. The van der Waals surface area contributed by atoms with E-state index in [0.717, 1.165) is 18.6 Å². The van der Waals surface area contributed by atoms with Crippen LogP contribution in [0.15, 0.2) is 0 Å². The Morgan fingerprint density at radius 3 is 1.75 bits per heavy atom. The zero-order chi connectivity index (χ0) is 2.71. The topological polar surface area (TPSA) is 0 Å². The van der Waals surface area contributed by atoms with Gasteiger partial charge in [-0.15, -0.1) is 12.4 Å². The van der Waals surface area contributed by atoms with Gasteiger partial charge in [0.1, 0.15) is 0 Å². The summed E-state index contributed by atoms with van der Waals surface area (Å²) in [5.74, 6) is 0. The minimum Gasteiger partial charge on any atom is -0.147 e. The van der Waals surface area contributed by atoms with Crippen LogP contribution in [-0.2, 0) is 0 Å². The largest absolute Gasteiger partial charge is 0.147 e. The van der Waals surface area contributed by atoms with Gasteiger partial charge in [0, 0.05) is 0 Å². The maximum Gasteiger partial charge on any atom is -0.147 e. The molecule has 0 amide bonds. The normalized spacial score (nSPS) is 4.25. The van der Waals surface area contributed by atoms with Crippen molar-refractivity contribution in [2.75, 3.05) is 0 Å². The van der Waals surface area contributed by atoms with E-state index in [1.165, 1.54) is 4.98 Å². The first-order valence-corrected chi connectivity index (χ1v) is 4.38. The van der Waals surface area contributed by atoms with E-state index in [2.05, 4.69) is 6.92 Å². The van der Waals surface area contributed by atoms with Crippen molar-refractivity contribution in [3.8, 4) is 0 Å². The Bertz CT molecular complexity index is 6.00. The smallest absolute Gasteiger partial charge is 0.147 e. The molecule has 0 aliphatic carbocycles. The van der Waals surface area contributed by atoms with Gasteiger partial charge in [0.2, 0.25) is 0 Å². The van der Waals surface area contributed by atoms with Crippen LogP contribution in [0.4, 0.5) is 0 Å². The monoisotopic (exact) mass is 136 g/mol. The van der Waals surface area contributed by atoms with Crippen molar-refractivity contribution in [2.45, 2.75) is 11.9 Å². The van der Waals surface area contributed by atoms with E-state index < -0.39 is 0 Å². The van der Waals surface area contributed by atoms with Crippen LogP contribution in [0.1, 0.15) is 6.92 Å². The SMILES string of the molecule is C[CH2][GaH2].Cl. The van der Waals surface area contributed by atoms with Gasteiger partial charge in [-0.05, 0) is 0 Å². The summed E-state index contributed by atoms with van der Waals surface area (Å²) in [6.45, 7) is 2.21. The molecule has 0 rings (SSSR count). The molecule has 0 saturated heterocycles. The molecular formula is C2H8ClGa. The van der Waals surface area contributed by atoms with E-state index in [9.17, 15) is 0 Å². The second kappa shape index (κ2) is 9.06. The summed E-state index contributed by atoms with van der Waals surface area (Å²) in [5.41, 5.74) is 0. The third kappa shape index (κ3) is 12.7. The van der Waals surface area contributed by atoms with Gasteiger partial charge >= 0.3 is 30.5 Å². The van der Waals surface area contributed by atoms with Crippen LogP contribution in [0.5, 0.6) is 0 Å². The van der Waals surface area contributed by atoms with Crippen LogP contribution in [0.3, 0.4) is 0 Å². The summed E-state index contributed by atoms with van der Waals surface area (Å²) >= 11 is 1.10. The average Bonchev–Trinajstić information content (AvgIpc) is 0.918. The molecule has 26 valence electrons. The fourth-order valence-corrected chi connectivity index (χ4v) is 0. The fourth-order valence-electron chi connectivity index (χ4n) is 0.